The third-order valence-electron chi connectivity index (χ3n) is 4.79. The summed E-state index contributed by atoms with van der Waals surface area (Å²) in [4.78, 5) is 25.9. The monoisotopic (exact) mass is 327 g/mol. The fourth-order valence-electron chi connectivity index (χ4n) is 3.37. The van der Waals surface area contributed by atoms with Crippen LogP contribution in [0.2, 0.25) is 0 Å². The minimum Gasteiger partial charge on any atom is -0.481 e. The van der Waals surface area contributed by atoms with Gasteiger partial charge in [-0.25, -0.2) is 0 Å². The lowest BCUT2D eigenvalue weighted by atomic mass is 9.86. The summed E-state index contributed by atoms with van der Waals surface area (Å²) in [5, 5.41) is 13.7. The van der Waals surface area contributed by atoms with E-state index in [0.717, 1.165) is 16.8 Å². The average Bonchev–Trinajstić information content (AvgIpc) is 3.15. The summed E-state index contributed by atoms with van der Waals surface area (Å²) in [6, 6.07) is 9.63. The van der Waals surface area contributed by atoms with Crippen LogP contribution in [-0.2, 0) is 16.1 Å². The molecule has 126 valence electrons. The van der Waals surface area contributed by atoms with Gasteiger partial charge in [-0.2, -0.15) is 5.10 Å². The molecule has 1 aromatic heterocycles. The van der Waals surface area contributed by atoms with Crippen LogP contribution in [0.1, 0.15) is 22.7 Å². The standard InChI is InChI=1S/C18H21N3O3/c1-12-5-3-4-6-14(12)15-9-20(10-16(15)18(23)24)17(22)11-21-13(2)7-8-19-21/h3-8,15-16H,9-11H2,1-2H3,(H,23,24)/t15-,16+/m0/s1. The highest BCUT2D eigenvalue weighted by Gasteiger charge is 2.40. The number of hydrogen-bond acceptors (Lipinski definition) is 3. The minimum absolute atomic E-state index is 0.0934. The zero-order chi connectivity index (χ0) is 17.3. The van der Waals surface area contributed by atoms with Crippen molar-refractivity contribution in [3.05, 3.63) is 53.3 Å². The molecule has 0 spiro atoms. The van der Waals surface area contributed by atoms with E-state index in [2.05, 4.69) is 5.10 Å². The number of aromatic nitrogens is 2. The van der Waals surface area contributed by atoms with Crippen LogP contribution in [0.5, 0.6) is 0 Å². The average molecular weight is 327 g/mol. The summed E-state index contributed by atoms with van der Waals surface area (Å²) in [5.41, 5.74) is 2.98. The molecule has 0 aliphatic carbocycles. The zero-order valence-electron chi connectivity index (χ0n) is 13.8. The molecule has 2 aromatic rings. The van der Waals surface area contributed by atoms with Crippen LogP contribution in [0.25, 0.3) is 0 Å². The predicted molar refractivity (Wildman–Crippen MR) is 88.6 cm³/mol. The first-order valence-electron chi connectivity index (χ1n) is 8.02. The van der Waals surface area contributed by atoms with E-state index in [1.54, 1.807) is 15.8 Å². The first-order chi connectivity index (χ1) is 11.5. The summed E-state index contributed by atoms with van der Waals surface area (Å²) < 4.78 is 1.64. The minimum atomic E-state index is -0.853. The lowest BCUT2D eigenvalue weighted by Crippen LogP contribution is -2.33. The second-order valence-corrected chi connectivity index (χ2v) is 6.34. The van der Waals surface area contributed by atoms with Gasteiger partial charge in [-0.15, -0.1) is 0 Å². The van der Waals surface area contributed by atoms with Crippen molar-refractivity contribution in [2.24, 2.45) is 5.92 Å². The number of hydrogen-bond donors (Lipinski definition) is 1. The smallest absolute Gasteiger partial charge is 0.308 e. The van der Waals surface area contributed by atoms with E-state index in [-0.39, 0.29) is 24.9 Å². The van der Waals surface area contributed by atoms with Crippen molar-refractivity contribution in [1.29, 1.82) is 0 Å². The molecule has 0 saturated carbocycles. The second kappa shape index (κ2) is 6.47. The van der Waals surface area contributed by atoms with Crippen molar-refractivity contribution in [3.8, 4) is 0 Å². The highest BCUT2D eigenvalue weighted by molar-refractivity contribution is 5.79. The Labute approximate surface area is 140 Å². The molecule has 1 aromatic carbocycles. The van der Waals surface area contributed by atoms with E-state index in [0.29, 0.717) is 6.54 Å². The van der Waals surface area contributed by atoms with Crippen LogP contribution in [0, 0.1) is 19.8 Å². The van der Waals surface area contributed by atoms with Crippen molar-refractivity contribution in [2.45, 2.75) is 26.3 Å². The fourth-order valence-corrected chi connectivity index (χ4v) is 3.37. The van der Waals surface area contributed by atoms with Crippen LogP contribution < -0.4 is 0 Å². The Bertz CT molecular complexity index is 768. The zero-order valence-corrected chi connectivity index (χ0v) is 13.8. The maximum absolute atomic E-state index is 12.6. The molecule has 2 heterocycles. The summed E-state index contributed by atoms with van der Waals surface area (Å²) in [7, 11) is 0. The first kappa shape index (κ1) is 16.2. The van der Waals surface area contributed by atoms with Gasteiger partial charge in [-0.05, 0) is 31.0 Å². The number of rotatable bonds is 4. The number of aliphatic carboxylic acids is 1. The van der Waals surface area contributed by atoms with Crippen LogP contribution in [0.15, 0.2) is 36.5 Å². The third kappa shape index (κ3) is 3.04. The van der Waals surface area contributed by atoms with Crippen molar-refractivity contribution in [1.82, 2.24) is 14.7 Å². The fraction of sp³-hybridized carbons (Fsp3) is 0.389. The molecule has 1 fully saturated rings. The lowest BCUT2D eigenvalue weighted by molar-refractivity contribution is -0.141. The molecule has 0 radical (unpaired) electrons. The van der Waals surface area contributed by atoms with Gasteiger partial charge in [0.2, 0.25) is 5.91 Å². The molecule has 1 amide bonds. The SMILES string of the molecule is Cc1ccccc1[C@@H]1CN(C(=O)Cn2nccc2C)C[C@H]1C(=O)O. The summed E-state index contributed by atoms with van der Waals surface area (Å²) in [5.74, 6) is -1.70. The molecule has 24 heavy (non-hydrogen) atoms. The van der Waals surface area contributed by atoms with Gasteiger partial charge in [0.1, 0.15) is 6.54 Å². The second-order valence-electron chi connectivity index (χ2n) is 6.34. The number of carboxylic acid groups (broad SMARTS) is 1. The Kier molecular flexibility index (Phi) is 4.38. The highest BCUT2D eigenvalue weighted by Crippen LogP contribution is 2.34. The molecule has 0 bridgehead atoms. The largest absolute Gasteiger partial charge is 0.481 e. The molecular weight excluding hydrogens is 306 g/mol. The molecule has 6 nitrogen and oxygen atoms in total. The van der Waals surface area contributed by atoms with Gasteiger partial charge in [-0.1, -0.05) is 24.3 Å². The van der Waals surface area contributed by atoms with Crippen molar-refractivity contribution in [2.75, 3.05) is 13.1 Å². The van der Waals surface area contributed by atoms with Gasteiger partial charge in [-0.3, -0.25) is 14.3 Å². The normalized spacial score (nSPS) is 20.3. The van der Waals surface area contributed by atoms with Crippen LogP contribution in [0.3, 0.4) is 0 Å². The molecule has 0 unspecified atom stereocenters. The maximum atomic E-state index is 12.6. The number of nitrogens with zero attached hydrogens (tertiary/aromatic N) is 3. The van der Waals surface area contributed by atoms with Crippen LogP contribution >= 0.6 is 0 Å². The molecule has 6 heteroatoms. The van der Waals surface area contributed by atoms with E-state index in [1.807, 2.05) is 44.2 Å². The topological polar surface area (TPSA) is 75.4 Å². The number of amides is 1. The van der Waals surface area contributed by atoms with E-state index < -0.39 is 11.9 Å². The third-order valence-corrected chi connectivity index (χ3v) is 4.79. The number of aryl methyl sites for hydroxylation is 2. The van der Waals surface area contributed by atoms with E-state index in [4.69, 9.17) is 0 Å². The van der Waals surface area contributed by atoms with E-state index in [1.165, 1.54) is 0 Å². The Balaban J connectivity index is 1.80. The van der Waals surface area contributed by atoms with Crippen molar-refractivity contribution >= 4 is 11.9 Å². The van der Waals surface area contributed by atoms with Gasteiger partial charge >= 0.3 is 5.97 Å². The number of carboxylic acids is 1. The number of benzene rings is 1. The first-order valence-corrected chi connectivity index (χ1v) is 8.02. The molecule has 3 rings (SSSR count). The molecule has 2 atom stereocenters. The van der Waals surface area contributed by atoms with Gasteiger partial charge in [0.05, 0.1) is 5.92 Å². The molecular formula is C18H21N3O3. The predicted octanol–water partition coefficient (Wildman–Crippen LogP) is 1.83. The molecule has 1 aliphatic rings. The Morgan fingerprint density at radius 2 is 1.96 bits per heavy atom. The lowest BCUT2D eigenvalue weighted by Gasteiger charge is -2.18. The Hall–Kier alpha value is -2.63. The van der Waals surface area contributed by atoms with Crippen LogP contribution in [-0.4, -0.2) is 44.8 Å². The van der Waals surface area contributed by atoms with Crippen LogP contribution in [0.4, 0.5) is 0 Å². The van der Waals surface area contributed by atoms with Crippen molar-refractivity contribution in [3.63, 3.8) is 0 Å². The van der Waals surface area contributed by atoms with Gasteiger partial charge in [0.25, 0.3) is 0 Å². The quantitative estimate of drug-likeness (QED) is 0.929. The molecule has 1 saturated heterocycles. The van der Waals surface area contributed by atoms with Crippen molar-refractivity contribution < 1.29 is 14.7 Å². The Morgan fingerprint density at radius 1 is 1.21 bits per heavy atom. The highest BCUT2D eigenvalue weighted by atomic mass is 16.4. The number of carbonyl (C=O) groups excluding carboxylic acids is 1. The Morgan fingerprint density at radius 3 is 2.58 bits per heavy atom. The molecule has 1 aliphatic heterocycles. The van der Waals surface area contributed by atoms with Gasteiger partial charge in [0.15, 0.2) is 0 Å². The number of likely N-dealkylation sites (tertiary alicyclic amines) is 1. The summed E-state index contributed by atoms with van der Waals surface area (Å²) >= 11 is 0. The number of carbonyl (C=O) groups is 2. The summed E-state index contributed by atoms with van der Waals surface area (Å²) in [6.07, 6.45) is 1.66. The van der Waals surface area contributed by atoms with Gasteiger partial charge < -0.3 is 10.0 Å². The van der Waals surface area contributed by atoms with E-state index in [9.17, 15) is 14.7 Å². The van der Waals surface area contributed by atoms with E-state index >= 15 is 0 Å². The van der Waals surface area contributed by atoms with Gasteiger partial charge in [0, 0.05) is 30.9 Å². The molecule has 1 N–H and O–H groups in total. The summed E-state index contributed by atoms with van der Waals surface area (Å²) in [6.45, 7) is 4.69. The maximum Gasteiger partial charge on any atom is 0.308 e.